The molecule has 0 fully saturated rings. The van der Waals surface area contributed by atoms with Gasteiger partial charge in [-0.1, -0.05) is 11.6 Å². The zero-order valence-corrected chi connectivity index (χ0v) is 12.8. The number of amides is 1. The lowest BCUT2D eigenvalue weighted by Gasteiger charge is -2.06. The van der Waals surface area contributed by atoms with Crippen molar-refractivity contribution in [3.8, 4) is 0 Å². The molecular weight excluding hydrogens is 278 g/mol. The fourth-order valence-corrected chi connectivity index (χ4v) is 2.19. The van der Waals surface area contributed by atoms with Crippen LogP contribution in [-0.2, 0) is 24.9 Å². The number of carbonyl (C=O) groups is 1. The van der Waals surface area contributed by atoms with Gasteiger partial charge in [0.1, 0.15) is 6.54 Å². The molecule has 0 aliphatic heterocycles. The van der Waals surface area contributed by atoms with E-state index in [2.05, 4.69) is 15.5 Å². The summed E-state index contributed by atoms with van der Waals surface area (Å²) in [6.07, 6.45) is 1.65. The molecule has 2 rings (SSSR count). The lowest BCUT2D eigenvalue weighted by atomic mass is 10.2. The third-order valence-electron chi connectivity index (χ3n) is 3.31. The van der Waals surface area contributed by atoms with E-state index in [0.717, 1.165) is 22.6 Å². The number of nitrogens with one attached hydrogen (secondary N) is 1. The molecule has 0 spiro atoms. The molecule has 2 aromatic heterocycles. The Morgan fingerprint density at radius 2 is 2.00 bits per heavy atom. The molecule has 2 heterocycles. The molecule has 6 nitrogen and oxygen atoms in total. The smallest absolute Gasteiger partial charge is 0.242 e. The van der Waals surface area contributed by atoms with Crippen LogP contribution in [0, 0.1) is 20.8 Å². The number of halogens is 1. The quantitative estimate of drug-likeness (QED) is 0.930. The van der Waals surface area contributed by atoms with Gasteiger partial charge in [0, 0.05) is 31.0 Å². The lowest BCUT2D eigenvalue weighted by Crippen LogP contribution is -2.27. The molecule has 0 saturated heterocycles. The van der Waals surface area contributed by atoms with Crippen molar-refractivity contribution in [2.24, 2.45) is 7.05 Å². The lowest BCUT2D eigenvalue weighted by molar-refractivity contribution is -0.122. The second kappa shape index (κ2) is 5.66. The molecule has 2 aromatic rings. The molecule has 0 aromatic carbocycles. The van der Waals surface area contributed by atoms with Gasteiger partial charge in [-0.05, 0) is 20.8 Å². The first-order valence-corrected chi connectivity index (χ1v) is 6.71. The van der Waals surface area contributed by atoms with Gasteiger partial charge in [-0.3, -0.25) is 14.2 Å². The van der Waals surface area contributed by atoms with Gasteiger partial charge in [-0.2, -0.15) is 10.2 Å². The van der Waals surface area contributed by atoms with Crippen molar-refractivity contribution >= 4 is 17.5 Å². The molecule has 1 N–H and O–H groups in total. The number of aromatic nitrogens is 4. The summed E-state index contributed by atoms with van der Waals surface area (Å²) < 4.78 is 3.35. The molecule has 20 heavy (non-hydrogen) atoms. The van der Waals surface area contributed by atoms with Crippen molar-refractivity contribution in [2.75, 3.05) is 0 Å². The van der Waals surface area contributed by atoms with E-state index in [9.17, 15) is 4.79 Å². The van der Waals surface area contributed by atoms with E-state index >= 15 is 0 Å². The molecule has 0 bridgehead atoms. The highest BCUT2D eigenvalue weighted by molar-refractivity contribution is 6.31. The van der Waals surface area contributed by atoms with Gasteiger partial charge in [0.2, 0.25) is 5.91 Å². The predicted molar refractivity (Wildman–Crippen MR) is 76.5 cm³/mol. The average molecular weight is 296 g/mol. The van der Waals surface area contributed by atoms with Crippen LogP contribution in [0.1, 0.15) is 22.6 Å². The Labute approximate surface area is 122 Å². The summed E-state index contributed by atoms with van der Waals surface area (Å²) in [4.78, 5) is 11.9. The van der Waals surface area contributed by atoms with Gasteiger partial charge in [0.05, 0.1) is 16.4 Å². The van der Waals surface area contributed by atoms with E-state index in [1.165, 1.54) is 4.68 Å². The van der Waals surface area contributed by atoms with Crippen LogP contribution in [0.3, 0.4) is 0 Å². The van der Waals surface area contributed by atoms with Gasteiger partial charge in [0.25, 0.3) is 0 Å². The normalized spacial score (nSPS) is 10.8. The fraction of sp³-hybridized carbons (Fsp3) is 0.462. The summed E-state index contributed by atoms with van der Waals surface area (Å²) >= 11 is 5.90. The third kappa shape index (κ3) is 3.01. The van der Waals surface area contributed by atoms with E-state index < -0.39 is 0 Å². The Kier molecular flexibility index (Phi) is 4.13. The molecule has 0 atom stereocenters. The molecule has 0 unspecified atom stereocenters. The van der Waals surface area contributed by atoms with Crippen molar-refractivity contribution < 1.29 is 4.79 Å². The van der Waals surface area contributed by atoms with Gasteiger partial charge in [-0.15, -0.1) is 0 Å². The maximum atomic E-state index is 11.9. The summed E-state index contributed by atoms with van der Waals surface area (Å²) in [5, 5.41) is 11.9. The van der Waals surface area contributed by atoms with E-state index in [-0.39, 0.29) is 12.5 Å². The van der Waals surface area contributed by atoms with Crippen molar-refractivity contribution in [1.82, 2.24) is 24.9 Å². The van der Waals surface area contributed by atoms with Crippen LogP contribution in [0.25, 0.3) is 0 Å². The van der Waals surface area contributed by atoms with Crippen LogP contribution < -0.4 is 5.32 Å². The molecule has 1 amide bonds. The summed E-state index contributed by atoms with van der Waals surface area (Å²) in [5.74, 6) is -0.105. The number of rotatable bonds is 4. The highest BCUT2D eigenvalue weighted by Crippen LogP contribution is 2.12. The Balaban J connectivity index is 1.95. The maximum absolute atomic E-state index is 11.9. The Morgan fingerprint density at radius 1 is 1.30 bits per heavy atom. The SMILES string of the molecule is Cc1nn(CC(=O)NCc2c(C)nn(C)c2C)cc1Cl. The minimum Gasteiger partial charge on any atom is -0.350 e. The fourth-order valence-electron chi connectivity index (χ4n) is 2.04. The van der Waals surface area contributed by atoms with E-state index in [0.29, 0.717) is 11.6 Å². The molecule has 0 radical (unpaired) electrons. The average Bonchev–Trinajstić information content (AvgIpc) is 2.79. The molecule has 108 valence electrons. The number of carbonyl (C=O) groups excluding carboxylic acids is 1. The van der Waals surface area contributed by atoms with Crippen LogP contribution >= 0.6 is 11.6 Å². The number of aryl methyl sites for hydroxylation is 3. The predicted octanol–water partition coefficient (Wildman–Crippen LogP) is 1.51. The maximum Gasteiger partial charge on any atom is 0.242 e. The first-order valence-electron chi connectivity index (χ1n) is 6.33. The van der Waals surface area contributed by atoms with Crippen LogP contribution in [0.5, 0.6) is 0 Å². The summed E-state index contributed by atoms with van der Waals surface area (Å²) in [6.45, 7) is 6.35. The van der Waals surface area contributed by atoms with Crippen LogP contribution in [0.2, 0.25) is 5.02 Å². The monoisotopic (exact) mass is 295 g/mol. The van der Waals surface area contributed by atoms with Crippen LogP contribution in [-0.4, -0.2) is 25.5 Å². The summed E-state index contributed by atoms with van der Waals surface area (Å²) in [7, 11) is 1.89. The summed E-state index contributed by atoms with van der Waals surface area (Å²) in [6, 6.07) is 0. The number of hydrogen-bond donors (Lipinski definition) is 1. The van der Waals surface area contributed by atoms with Crippen LogP contribution in [0.15, 0.2) is 6.20 Å². The highest BCUT2D eigenvalue weighted by atomic mass is 35.5. The Morgan fingerprint density at radius 3 is 2.50 bits per heavy atom. The summed E-state index contributed by atoms with van der Waals surface area (Å²) in [5.41, 5.74) is 3.76. The van der Waals surface area contributed by atoms with Gasteiger partial charge in [0.15, 0.2) is 0 Å². The molecule has 0 aliphatic rings. The van der Waals surface area contributed by atoms with E-state index in [4.69, 9.17) is 11.6 Å². The Hall–Kier alpha value is -1.82. The Bertz CT molecular complexity index is 624. The molecular formula is C13H18ClN5O. The van der Waals surface area contributed by atoms with Gasteiger partial charge < -0.3 is 5.32 Å². The molecule has 0 aliphatic carbocycles. The standard InChI is InChI=1S/C13H18ClN5O/c1-8-11(10(3)18(4)16-8)5-15-13(20)7-19-6-12(14)9(2)17-19/h6H,5,7H2,1-4H3,(H,15,20). The number of hydrogen-bond acceptors (Lipinski definition) is 3. The van der Waals surface area contributed by atoms with E-state index in [1.807, 2.05) is 25.6 Å². The van der Waals surface area contributed by atoms with Crippen molar-refractivity contribution in [1.29, 1.82) is 0 Å². The zero-order valence-electron chi connectivity index (χ0n) is 12.1. The van der Waals surface area contributed by atoms with Crippen molar-refractivity contribution in [2.45, 2.75) is 33.9 Å². The second-order valence-electron chi connectivity index (χ2n) is 4.81. The molecule has 0 saturated carbocycles. The highest BCUT2D eigenvalue weighted by Gasteiger charge is 2.11. The first-order chi connectivity index (χ1) is 9.38. The van der Waals surface area contributed by atoms with E-state index in [1.54, 1.807) is 13.1 Å². The minimum absolute atomic E-state index is 0.105. The second-order valence-corrected chi connectivity index (χ2v) is 5.22. The minimum atomic E-state index is -0.105. The topological polar surface area (TPSA) is 64.7 Å². The zero-order chi connectivity index (χ0) is 14.9. The van der Waals surface area contributed by atoms with Gasteiger partial charge >= 0.3 is 0 Å². The largest absolute Gasteiger partial charge is 0.350 e. The van der Waals surface area contributed by atoms with Crippen molar-refractivity contribution in [3.63, 3.8) is 0 Å². The number of nitrogens with zero attached hydrogens (tertiary/aromatic N) is 4. The van der Waals surface area contributed by atoms with Crippen LogP contribution in [0.4, 0.5) is 0 Å². The first kappa shape index (κ1) is 14.6. The molecule has 7 heteroatoms. The van der Waals surface area contributed by atoms with Gasteiger partial charge in [-0.25, -0.2) is 0 Å². The van der Waals surface area contributed by atoms with Crippen molar-refractivity contribution in [3.05, 3.63) is 33.9 Å². The third-order valence-corrected chi connectivity index (χ3v) is 3.68.